The number of nitrogens with zero attached hydrogens (tertiary/aromatic N) is 1. The second-order valence-corrected chi connectivity index (χ2v) is 3.99. The van der Waals surface area contributed by atoms with Crippen LogP contribution in [0.3, 0.4) is 0 Å². The van der Waals surface area contributed by atoms with Crippen LogP contribution >= 0.6 is 0 Å². The molecule has 0 saturated carbocycles. The lowest BCUT2D eigenvalue weighted by molar-refractivity contribution is -0.119. The summed E-state index contributed by atoms with van der Waals surface area (Å²) in [4.78, 5) is 24.0. The monoisotopic (exact) mass is 287 g/mol. The molecule has 1 amide bonds. The summed E-state index contributed by atoms with van der Waals surface area (Å²) in [5.41, 5.74) is 0.246. The lowest BCUT2D eigenvalue weighted by atomic mass is 10.1. The van der Waals surface area contributed by atoms with Gasteiger partial charge in [-0.25, -0.2) is 13.6 Å². The maximum Gasteiger partial charge on any atom is 0.337 e. The van der Waals surface area contributed by atoms with Gasteiger partial charge in [0.1, 0.15) is 6.61 Å². The molecule has 110 valence electrons. The van der Waals surface area contributed by atoms with Crippen molar-refractivity contribution >= 4 is 17.6 Å². The van der Waals surface area contributed by atoms with E-state index in [1.807, 2.05) is 0 Å². The van der Waals surface area contributed by atoms with Crippen LogP contribution < -0.4 is 4.90 Å². The fourth-order valence-electron chi connectivity index (χ4n) is 1.58. The van der Waals surface area contributed by atoms with E-state index < -0.39 is 24.9 Å². The van der Waals surface area contributed by atoms with Crippen molar-refractivity contribution in [2.45, 2.75) is 12.8 Å². The van der Waals surface area contributed by atoms with Gasteiger partial charge in [-0.2, -0.15) is 0 Å². The van der Waals surface area contributed by atoms with Gasteiger partial charge in [0.05, 0.1) is 24.3 Å². The first-order chi connectivity index (χ1) is 9.43. The highest BCUT2D eigenvalue weighted by molar-refractivity contribution is 6.01. The highest BCUT2D eigenvalue weighted by Gasteiger charge is 2.17. The molecule has 0 heterocycles. The molecule has 0 aliphatic carbocycles. The van der Waals surface area contributed by atoms with Crippen molar-refractivity contribution in [1.29, 1.82) is 0 Å². The van der Waals surface area contributed by atoms with E-state index in [0.29, 0.717) is 0 Å². The Morgan fingerprint density at radius 2 is 2.00 bits per heavy atom. The Kier molecular flexibility index (Phi) is 6.05. The quantitative estimate of drug-likeness (QED) is 0.779. The molecule has 0 unspecified atom stereocenters. The summed E-state index contributed by atoms with van der Waals surface area (Å²) in [5, 5.41) is 9.03. The van der Waals surface area contributed by atoms with E-state index in [4.69, 9.17) is 5.11 Å². The van der Waals surface area contributed by atoms with Crippen LogP contribution in [0.4, 0.5) is 14.5 Å². The number of amides is 1. The number of carbonyl (C=O) groups is 2. The van der Waals surface area contributed by atoms with Crippen molar-refractivity contribution in [2.75, 3.05) is 25.2 Å². The van der Waals surface area contributed by atoms with Crippen LogP contribution in [0.2, 0.25) is 0 Å². The third-order valence-electron chi connectivity index (χ3n) is 2.57. The number of carboxylic acids is 1. The van der Waals surface area contributed by atoms with Crippen LogP contribution in [-0.2, 0) is 9.53 Å². The number of ether oxygens (including phenoxy) is 1. The molecular weight excluding hydrogens is 272 g/mol. The number of hydrogen-bond donors (Lipinski definition) is 1. The minimum atomic E-state index is -2.57. The number of halogens is 2. The fourth-order valence-corrected chi connectivity index (χ4v) is 1.58. The van der Waals surface area contributed by atoms with E-state index in [-0.39, 0.29) is 24.3 Å². The number of anilines is 1. The highest BCUT2D eigenvalue weighted by atomic mass is 19.3. The summed E-state index contributed by atoms with van der Waals surface area (Å²) in [6.45, 7) is -0.856. The molecule has 1 rings (SSSR count). The number of aromatic carboxylic acids is 1. The zero-order valence-electron chi connectivity index (χ0n) is 10.9. The maximum absolute atomic E-state index is 11.8. The fraction of sp³-hybridized carbons (Fsp3) is 0.385. The third-order valence-corrected chi connectivity index (χ3v) is 2.57. The van der Waals surface area contributed by atoms with Gasteiger partial charge < -0.3 is 14.7 Å². The zero-order chi connectivity index (χ0) is 15.1. The molecular formula is C13H15F2NO4. The predicted octanol–water partition coefficient (Wildman–Crippen LogP) is 2.02. The largest absolute Gasteiger partial charge is 0.478 e. The van der Waals surface area contributed by atoms with E-state index in [2.05, 4.69) is 4.74 Å². The van der Waals surface area contributed by atoms with Crippen molar-refractivity contribution in [2.24, 2.45) is 0 Å². The van der Waals surface area contributed by atoms with Gasteiger partial charge in [-0.15, -0.1) is 0 Å². The second-order valence-electron chi connectivity index (χ2n) is 3.99. The summed E-state index contributed by atoms with van der Waals surface area (Å²) in [6, 6.07) is 6.05. The van der Waals surface area contributed by atoms with Crippen molar-refractivity contribution in [1.82, 2.24) is 0 Å². The van der Waals surface area contributed by atoms with Gasteiger partial charge in [0.2, 0.25) is 5.91 Å². The van der Waals surface area contributed by atoms with Gasteiger partial charge in [0, 0.05) is 7.05 Å². The first kappa shape index (κ1) is 16.0. The molecule has 0 aromatic heterocycles. The molecule has 5 nitrogen and oxygen atoms in total. The first-order valence-electron chi connectivity index (χ1n) is 5.88. The topological polar surface area (TPSA) is 66.8 Å². The van der Waals surface area contributed by atoms with Gasteiger partial charge in [-0.1, -0.05) is 12.1 Å². The molecule has 20 heavy (non-hydrogen) atoms. The van der Waals surface area contributed by atoms with Crippen LogP contribution in [0.15, 0.2) is 24.3 Å². The van der Waals surface area contributed by atoms with Crippen molar-refractivity contribution in [3.63, 3.8) is 0 Å². The Morgan fingerprint density at radius 1 is 1.35 bits per heavy atom. The molecule has 1 N–H and O–H groups in total. The van der Waals surface area contributed by atoms with E-state index in [1.54, 1.807) is 12.1 Å². The van der Waals surface area contributed by atoms with E-state index in [9.17, 15) is 18.4 Å². The molecule has 0 fully saturated rings. The summed E-state index contributed by atoms with van der Waals surface area (Å²) in [6.07, 6.45) is -2.67. The average Bonchev–Trinajstić information content (AvgIpc) is 2.42. The van der Waals surface area contributed by atoms with Gasteiger partial charge in [-0.3, -0.25) is 4.79 Å². The van der Waals surface area contributed by atoms with Crippen molar-refractivity contribution in [3.8, 4) is 0 Å². The zero-order valence-corrected chi connectivity index (χ0v) is 10.9. The van der Waals surface area contributed by atoms with Crippen LogP contribution in [0, 0.1) is 0 Å². The number of carboxylic acid groups (broad SMARTS) is 1. The molecule has 0 aliphatic heterocycles. The van der Waals surface area contributed by atoms with Crippen LogP contribution in [0.5, 0.6) is 0 Å². The van der Waals surface area contributed by atoms with Gasteiger partial charge in [-0.05, 0) is 12.1 Å². The summed E-state index contributed by atoms with van der Waals surface area (Å²) in [5.74, 6) is -1.55. The standard InChI is InChI=1S/C13H15F2NO4/c1-16(12(17)6-7-20-8-11(14)15)10-5-3-2-4-9(10)13(18)19/h2-5,11H,6-8H2,1H3,(H,18,19). The maximum atomic E-state index is 11.8. The Labute approximate surface area is 114 Å². The highest BCUT2D eigenvalue weighted by Crippen LogP contribution is 2.19. The summed E-state index contributed by atoms with van der Waals surface area (Å²) < 4.78 is 28.3. The lowest BCUT2D eigenvalue weighted by Crippen LogP contribution is -2.29. The Hall–Kier alpha value is -2.02. The molecule has 0 saturated heterocycles. The molecule has 0 radical (unpaired) electrons. The number of rotatable bonds is 7. The number of carbonyl (C=O) groups excluding carboxylic acids is 1. The van der Waals surface area contributed by atoms with E-state index >= 15 is 0 Å². The second kappa shape index (κ2) is 7.54. The van der Waals surface area contributed by atoms with Crippen LogP contribution in [0.1, 0.15) is 16.8 Å². The molecule has 7 heteroatoms. The van der Waals surface area contributed by atoms with Crippen LogP contribution in [0.25, 0.3) is 0 Å². The normalized spacial score (nSPS) is 10.6. The Bertz CT molecular complexity index is 479. The molecule has 1 aromatic rings. The van der Waals surface area contributed by atoms with Crippen LogP contribution in [-0.4, -0.2) is 43.7 Å². The molecule has 0 atom stereocenters. The predicted molar refractivity (Wildman–Crippen MR) is 68.3 cm³/mol. The first-order valence-corrected chi connectivity index (χ1v) is 5.88. The van der Waals surface area contributed by atoms with Crippen molar-refractivity contribution in [3.05, 3.63) is 29.8 Å². The Balaban J connectivity index is 2.63. The smallest absolute Gasteiger partial charge is 0.337 e. The van der Waals surface area contributed by atoms with Gasteiger partial charge in [0.25, 0.3) is 6.43 Å². The van der Waals surface area contributed by atoms with Gasteiger partial charge >= 0.3 is 5.97 Å². The molecule has 1 aromatic carbocycles. The molecule has 0 spiro atoms. The molecule has 0 aliphatic rings. The third kappa shape index (κ3) is 4.58. The SMILES string of the molecule is CN(C(=O)CCOCC(F)F)c1ccccc1C(=O)O. The van der Waals surface area contributed by atoms with E-state index in [0.717, 1.165) is 0 Å². The number of para-hydroxylation sites is 1. The number of hydrogen-bond acceptors (Lipinski definition) is 3. The minimum absolute atomic E-state index is 0.00292. The lowest BCUT2D eigenvalue weighted by Gasteiger charge is -2.19. The van der Waals surface area contributed by atoms with Crippen molar-refractivity contribution < 1.29 is 28.2 Å². The number of alkyl halides is 2. The summed E-state index contributed by atoms with van der Waals surface area (Å²) >= 11 is 0. The van der Waals surface area contributed by atoms with Gasteiger partial charge in [0.15, 0.2) is 0 Å². The Morgan fingerprint density at radius 3 is 2.60 bits per heavy atom. The number of benzene rings is 1. The minimum Gasteiger partial charge on any atom is -0.478 e. The van der Waals surface area contributed by atoms with E-state index in [1.165, 1.54) is 24.1 Å². The molecule has 0 bridgehead atoms. The average molecular weight is 287 g/mol. The summed E-state index contributed by atoms with van der Waals surface area (Å²) in [7, 11) is 1.43.